The third kappa shape index (κ3) is 37.1. The average molecular weight is 566 g/mol. The molecule has 0 bridgehead atoms. The molecule has 0 radical (unpaired) electrons. The summed E-state index contributed by atoms with van der Waals surface area (Å²) < 4.78 is 48.5. The standard InChI is InChI=1S/6K.H6O13P4/c;;;;;;1-14(2,3)11-16(7,8)13-17(9,10)12-15(4,5)6/h;;;;;;(H,7,8)(H,9,10)(H2,1,2,3)(H2,4,5,6)/q6*+1;/p-6. The molecule has 104 valence electrons. The van der Waals surface area contributed by atoms with Gasteiger partial charge in [-0.15, -0.1) is 0 Å². The van der Waals surface area contributed by atoms with E-state index in [0.717, 1.165) is 0 Å². The van der Waals surface area contributed by atoms with Crippen LogP contribution in [-0.4, -0.2) is 0 Å². The zero-order valence-corrected chi connectivity index (χ0v) is 35.4. The molecule has 0 aromatic rings. The topological polar surface area (TPSA) is 234 Å². The molecule has 23 heavy (non-hydrogen) atoms. The number of hydrogen-bond donors (Lipinski definition) is 0. The predicted molar refractivity (Wildman–Crippen MR) is 33.7 cm³/mol. The van der Waals surface area contributed by atoms with Crippen molar-refractivity contribution in [3.05, 3.63) is 0 Å². The second kappa shape index (κ2) is 22.8. The van der Waals surface area contributed by atoms with E-state index in [0.29, 0.717) is 0 Å². The Labute approximate surface area is 386 Å². The van der Waals surface area contributed by atoms with Crippen molar-refractivity contribution in [2.45, 2.75) is 0 Å². The summed E-state index contributed by atoms with van der Waals surface area (Å²) in [5.41, 5.74) is 0. The molecular formula is K6O13P4. The van der Waals surface area contributed by atoms with E-state index >= 15 is 0 Å². The van der Waals surface area contributed by atoms with Gasteiger partial charge >= 0.3 is 308 Å². The maximum atomic E-state index is 10.4. The van der Waals surface area contributed by atoms with Gasteiger partial charge in [0.15, 0.2) is 0 Å². The van der Waals surface area contributed by atoms with Crippen LogP contribution in [0.25, 0.3) is 0 Å². The molecule has 2 unspecified atom stereocenters. The molecule has 0 heterocycles. The maximum Gasteiger partial charge on any atom is 1.00 e. The van der Waals surface area contributed by atoms with Crippen LogP contribution in [0.4, 0.5) is 0 Å². The van der Waals surface area contributed by atoms with Gasteiger partial charge in [-0.25, -0.2) is 4.31 Å². The summed E-state index contributed by atoms with van der Waals surface area (Å²) in [6, 6.07) is 0. The zero-order chi connectivity index (χ0) is 14.1. The van der Waals surface area contributed by atoms with E-state index in [9.17, 15) is 47.6 Å². The predicted octanol–water partition coefficient (Wildman–Crippen LogP) is -22.3. The third-order valence-corrected chi connectivity index (χ3v) is 5.40. The smallest absolute Gasteiger partial charge is 0.790 e. The van der Waals surface area contributed by atoms with Crippen molar-refractivity contribution < 1.29 is 369 Å². The first-order chi connectivity index (χ1) is 7.12. The van der Waals surface area contributed by atoms with E-state index in [1.54, 1.807) is 0 Å². The molecule has 2 atom stereocenters. The molecule has 0 saturated carbocycles. The minimum Gasteiger partial charge on any atom is -0.790 e. The monoisotopic (exact) mass is 566 g/mol. The molecule has 0 fully saturated rings. The van der Waals surface area contributed by atoms with Crippen LogP contribution in [0.15, 0.2) is 0 Å². The Hall–Kier alpha value is 10.4. The first kappa shape index (κ1) is 50.3. The van der Waals surface area contributed by atoms with Crippen LogP contribution < -0.4 is 338 Å². The van der Waals surface area contributed by atoms with Crippen molar-refractivity contribution in [2.24, 2.45) is 0 Å². The van der Waals surface area contributed by atoms with Gasteiger partial charge in [0, 0.05) is 0 Å². The fraction of sp³-hybridized carbons (Fsp3) is 0. The van der Waals surface area contributed by atoms with Crippen molar-refractivity contribution in [2.75, 3.05) is 0 Å². The van der Waals surface area contributed by atoms with Crippen molar-refractivity contribution in [1.29, 1.82) is 0 Å². The van der Waals surface area contributed by atoms with Crippen LogP contribution in [0.1, 0.15) is 0 Å². The van der Waals surface area contributed by atoms with E-state index in [1.807, 2.05) is 0 Å². The molecule has 0 amide bonds. The normalized spacial score (nSPS) is 15.2. The van der Waals surface area contributed by atoms with Gasteiger partial charge in [-0.2, -0.15) is 0 Å². The molecular weight excluding hydrogens is 566 g/mol. The van der Waals surface area contributed by atoms with Crippen molar-refractivity contribution >= 4 is 31.3 Å². The molecule has 23 heteroatoms. The minimum absolute atomic E-state index is 0. The van der Waals surface area contributed by atoms with Crippen molar-refractivity contribution in [1.82, 2.24) is 0 Å². The van der Waals surface area contributed by atoms with E-state index in [-0.39, 0.29) is 308 Å². The van der Waals surface area contributed by atoms with Crippen LogP contribution in [0.5, 0.6) is 0 Å². The van der Waals surface area contributed by atoms with Crippen LogP contribution in [0, 0.1) is 0 Å². The Bertz CT molecular complexity index is 421. The summed E-state index contributed by atoms with van der Waals surface area (Å²) in [4.78, 5) is 60.0. The third-order valence-electron chi connectivity index (χ3n) is 0.600. The molecule has 0 aliphatic heterocycles. The first-order valence-corrected chi connectivity index (χ1v) is 8.76. The summed E-state index contributed by atoms with van der Waals surface area (Å²) in [6.07, 6.45) is 0. The molecule has 13 nitrogen and oxygen atoms in total. The van der Waals surface area contributed by atoms with Crippen molar-refractivity contribution in [3.63, 3.8) is 0 Å². The summed E-state index contributed by atoms with van der Waals surface area (Å²) >= 11 is 0. The van der Waals surface area contributed by atoms with E-state index < -0.39 is 31.3 Å². The first-order valence-electron chi connectivity index (χ1n) is 2.92. The second-order valence-corrected chi connectivity index (χ2v) is 7.57. The summed E-state index contributed by atoms with van der Waals surface area (Å²) in [5.74, 6) is 0. The van der Waals surface area contributed by atoms with Gasteiger partial charge in [0.1, 0.15) is 0 Å². The maximum absolute atomic E-state index is 10.4. The van der Waals surface area contributed by atoms with Crippen LogP contribution in [0.3, 0.4) is 0 Å². The number of rotatable bonds is 6. The van der Waals surface area contributed by atoms with Gasteiger partial charge in [0.2, 0.25) is 0 Å². The second-order valence-electron chi connectivity index (χ2n) is 2.03. The van der Waals surface area contributed by atoms with Crippen molar-refractivity contribution in [3.8, 4) is 0 Å². The Kier molecular flexibility index (Phi) is 49.9. The van der Waals surface area contributed by atoms with E-state index in [4.69, 9.17) is 0 Å². The Balaban J connectivity index is -0.0000000853. The van der Waals surface area contributed by atoms with Gasteiger partial charge in [-0.05, 0) is 0 Å². The summed E-state index contributed by atoms with van der Waals surface area (Å²) in [7, 11) is -24.9. The molecule has 0 aromatic heterocycles. The Morgan fingerprint density at radius 3 is 0.739 bits per heavy atom. The number of hydrogen-bond acceptors (Lipinski definition) is 13. The summed E-state index contributed by atoms with van der Waals surface area (Å²) in [5, 5.41) is 0. The van der Waals surface area contributed by atoms with Crippen LogP contribution in [-0.2, 0) is 31.2 Å². The number of phosphoric acid groups is 4. The molecule has 0 aliphatic carbocycles. The fourth-order valence-corrected chi connectivity index (χ4v) is 4.11. The van der Waals surface area contributed by atoms with Gasteiger partial charge < -0.3 is 38.5 Å². The Morgan fingerprint density at radius 2 is 0.609 bits per heavy atom. The van der Waals surface area contributed by atoms with Gasteiger partial charge in [0.25, 0.3) is 15.6 Å². The van der Waals surface area contributed by atoms with E-state index in [2.05, 4.69) is 12.9 Å². The zero-order valence-electron chi connectivity index (χ0n) is 13.1. The summed E-state index contributed by atoms with van der Waals surface area (Å²) in [6.45, 7) is 0. The van der Waals surface area contributed by atoms with Gasteiger partial charge in [0.05, 0.1) is 15.6 Å². The minimum atomic E-state index is -6.26. The largest absolute Gasteiger partial charge is 1.00 e. The molecule has 0 rings (SSSR count). The average Bonchev–Trinajstić information content (AvgIpc) is 1.65. The van der Waals surface area contributed by atoms with Crippen LogP contribution >= 0.6 is 31.3 Å². The fourth-order valence-electron chi connectivity index (χ4n) is 0.397. The molecule has 0 aliphatic rings. The quantitative estimate of drug-likeness (QED) is 0.215. The van der Waals surface area contributed by atoms with Gasteiger partial charge in [-0.3, -0.25) is 17.8 Å². The molecule has 0 N–H and O–H groups in total. The SMILES string of the molecule is O=P([O-])([O-])OP(=O)([O-])OP(=O)([O-])OP(=O)([O-])[O-].[K+].[K+].[K+].[K+].[K+].[K+]. The van der Waals surface area contributed by atoms with Gasteiger partial charge in [-0.1, -0.05) is 0 Å². The van der Waals surface area contributed by atoms with Crippen LogP contribution in [0.2, 0.25) is 0 Å². The molecule has 0 spiro atoms. The Morgan fingerprint density at radius 1 is 0.435 bits per heavy atom. The molecule has 0 aromatic carbocycles. The molecule has 0 saturated heterocycles. The van der Waals surface area contributed by atoms with E-state index in [1.165, 1.54) is 0 Å².